The molecule has 5 nitrogen and oxygen atoms in total. The lowest BCUT2D eigenvalue weighted by atomic mass is 9.97. The van der Waals surface area contributed by atoms with Crippen LogP contribution in [0.5, 0.6) is 0 Å². The third kappa shape index (κ3) is 24.1. The molecule has 0 spiro atoms. The molecule has 0 amide bonds. The third-order valence-electron chi connectivity index (χ3n) is 6.31. The zero-order chi connectivity index (χ0) is 28.0. The number of hydrogen-bond donors (Lipinski definition) is 0. The van der Waals surface area contributed by atoms with Gasteiger partial charge in [-0.05, 0) is 80.6 Å². The Morgan fingerprint density at radius 3 is 2.03 bits per heavy atom. The highest BCUT2D eigenvalue weighted by Crippen LogP contribution is 2.17. The zero-order valence-corrected chi connectivity index (χ0v) is 25.9. The van der Waals surface area contributed by atoms with Crippen LogP contribution in [0.1, 0.15) is 139 Å². The first kappa shape index (κ1) is 36.2. The molecule has 5 heteroatoms. The molecule has 0 aromatic carbocycles. The van der Waals surface area contributed by atoms with Crippen LogP contribution in [0, 0.1) is 0 Å². The molecule has 1 unspecified atom stereocenters. The lowest BCUT2D eigenvalue weighted by Crippen LogP contribution is -2.36. The predicted molar refractivity (Wildman–Crippen MR) is 156 cm³/mol. The minimum atomic E-state index is -0.747. The van der Waals surface area contributed by atoms with Crippen molar-refractivity contribution in [2.75, 3.05) is 26.4 Å². The quantitative estimate of drug-likeness (QED) is 0.0880. The number of carbonyl (C=O) groups excluding carboxylic acids is 1. The first-order chi connectivity index (χ1) is 17.5. The van der Waals surface area contributed by atoms with Crippen molar-refractivity contribution in [3.8, 4) is 0 Å². The van der Waals surface area contributed by atoms with E-state index in [2.05, 4.69) is 32.9 Å². The molecule has 0 saturated heterocycles. The van der Waals surface area contributed by atoms with Crippen LogP contribution >= 0.6 is 0 Å². The van der Waals surface area contributed by atoms with Gasteiger partial charge in [0.15, 0.2) is 5.78 Å². The van der Waals surface area contributed by atoms with Gasteiger partial charge in [-0.15, -0.1) is 0 Å². The fourth-order valence-corrected chi connectivity index (χ4v) is 4.12. The smallest absolute Gasteiger partial charge is 0.164 e. The molecular weight excluding hydrogens is 464 g/mol. The summed E-state index contributed by atoms with van der Waals surface area (Å²) < 4.78 is 23.1. The molecule has 0 saturated carbocycles. The molecule has 0 N–H and O–H groups in total. The van der Waals surface area contributed by atoms with Crippen LogP contribution in [0.15, 0.2) is 12.2 Å². The van der Waals surface area contributed by atoms with Gasteiger partial charge in [-0.3, -0.25) is 4.79 Å². The highest BCUT2D eigenvalue weighted by molar-refractivity contribution is 5.86. The van der Waals surface area contributed by atoms with Crippen molar-refractivity contribution in [2.45, 2.75) is 162 Å². The largest absolute Gasteiger partial charge is 0.377 e. The summed E-state index contributed by atoms with van der Waals surface area (Å²) in [6.45, 7) is 18.3. The minimum Gasteiger partial charge on any atom is -0.377 e. The summed E-state index contributed by atoms with van der Waals surface area (Å²) in [5, 5.41) is 0. The molecule has 0 aromatic heterocycles. The van der Waals surface area contributed by atoms with E-state index in [-0.39, 0.29) is 11.4 Å². The minimum absolute atomic E-state index is 0.148. The average molecular weight is 527 g/mol. The van der Waals surface area contributed by atoms with E-state index in [9.17, 15) is 4.79 Å². The first-order valence-electron chi connectivity index (χ1n) is 15.2. The lowest BCUT2D eigenvalue weighted by molar-refractivity contribution is -0.142. The van der Waals surface area contributed by atoms with E-state index in [1.807, 2.05) is 34.6 Å². The Morgan fingerprint density at radius 2 is 1.38 bits per heavy atom. The maximum Gasteiger partial charge on any atom is 0.164 e. The van der Waals surface area contributed by atoms with Crippen LogP contribution in [0.3, 0.4) is 0 Å². The highest BCUT2D eigenvalue weighted by Gasteiger charge is 2.27. The molecule has 1 atom stereocenters. The second-order valence-electron chi connectivity index (χ2n) is 12.0. The fraction of sp³-hybridized carbons (Fsp3) is 0.906. The van der Waals surface area contributed by atoms with E-state index < -0.39 is 5.60 Å². The van der Waals surface area contributed by atoms with Gasteiger partial charge in [0.05, 0.1) is 44.2 Å². The van der Waals surface area contributed by atoms with E-state index >= 15 is 0 Å². The van der Waals surface area contributed by atoms with Gasteiger partial charge in [0.2, 0.25) is 0 Å². The van der Waals surface area contributed by atoms with Crippen molar-refractivity contribution in [1.82, 2.24) is 0 Å². The van der Waals surface area contributed by atoms with Crippen LogP contribution in [0.25, 0.3) is 0 Å². The summed E-state index contributed by atoms with van der Waals surface area (Å²) >= 11 is 0. The Labute approximate surface area is 230 Å². The van der Waals surface area contributed by atoms with Crippen LogP contribution in [-0.4, -0.2) is 55.6 Å². The SMILES string of the molecule is CCCCCCC(C/C=C\CCCCCCCC(=O)C(C)(C)OCCOCCOC(C)(C)C)OC(C)C. The number of unbranched alkanes of at least 4 members (excludes halogenated alkanes) is 8. The fourth-order valence-electron chi connectivity index (χ4n) is 4.12. The van der Waals surface area contributed by atoms with Crippen molar-refractivity contribution >= 4 is 5.78 Å². The Hall–Kier alpha value is -0.750. The molecule has 0 heterocycles. The van der Waals surface area contributed by atoms with Crippen molar-refractivity contribution < 1.29 is 23.7 Å². The van der Waals surface area contributed by atoms with Crippen LogP contribution in [0.4, 0.5) is 0 Å². The number of carbonyl (C=O) groups is 1. The van der Waals surface area contributed by atoms with Gasteiger partial charge in [0.1, 0.15) is 5.60 Å². The van der Waals surface area contributed by atoms with Crippen molar-refractivity contribution in [3.05, 3.63) is 12.2 Å². The molecular formula is C32H62O5. The van der Waals surface area contributed by atoms with Crippen molar-refractivity contribution in [3.63, 3.8) is 0 Å². The molecule has 0 aliphatic carbocycles. The third-order valence-corrected chi connectivity index (χ3v) is 6.31. The highest BCUT2D eigenvalue weighted by atomic mass is 16.6. The van der Waals surface area contributed by atoms with E-state index in [1.165, 1.54) is 51.4 Å². The molecule has 0 bridgehead atoms. The van der Waals surface area contributed by atoms with Crippen LogP contribution < -0.4 is 0 Å². The normalized spacial score (nSPS) is 13.6. The van der Waals surface area contributed by atoms with Crippen LogP contribution in [0.2, 0.25) is 0 Å². The van der Waals surface area contributed by atoms with Gasteiger partial charge < -0.3 is 18.9 Å². The topological polar surface area (TPSA) is 54.0 Å². The van der Waals surface area contributed by atoms with Gasteiger partial charge in [-0.2, -0.15) is 0 Å². The van der Waals surface area contributed by atoms with Gasteiger partial charge in [0, 0.05) is 6.42 Å². The zero-order valence-electron chi connectivity index (χ0n) is 25.9. The van der Waals surface area contributed by atoms with E-state index in [1.54, 1.807) is 0 Å². The predicted octanol–water partition coefficient (Wildman–Crippen LogP) is 8.62. The van der Waals surface area contributed by atoms with Crippen LogP contribution in [-0.2, 0) is 23.7 Å². The molecule has 0 aliphatic heterocycles. The molecule has 0 fully saturated rings. The Bertz CT molecular complexity index is 562. The van der Waals surface area contributed by atoms with E-state index in [4.69, 9.17) is 18.9 Å². The number of ether oxygens (including phenoxy) is 4. The Balaban J connectivity index is 3.82. The van der Waals surface area contributed by atoms with Crippen molar-refractivity contribution in [2.24, 2.45) is 0 Å². The number of hydrogen-bond acceptors (Lipinski definition) is 5. The second kappa shape index (κ2) is 22.1. The number of ketones is 1. The summed E-state index contributed by atoms with van der Waals surface area (Å²) in [6, 6.07) is 0. The van der Waals surface area contributed by atoms with E-state index in [0.29, 0.717) is 45.1 Å². The number of Topliss-reactive ketones (excluding diaryl/α,β-unsaturated/α-hetero) is 1. The molecule has 37 heavy (non-hydrogen) atoms. The molecule has 0 radical (unpaired) electrons. The lowest BCUT2D eigenvalue weighted by Gasteiger charge is -2.24. The Kier molecular flexibility index (Phi) is 21.7. The second-order valence-corrected chi connectivity index (χ2v) is 12.0. The molecule has 0 aliphatic rings. The molecule has 0 aromatic rings. The van der Waals surface area contributed by atoms with Gasteiger partial charge in [-0.25, -0.2) is 0 Å². The summed E-state index contributed by atoms with van der Waals surface area (Å²) in [7, 11) is 0. The maximum atomic E-state index is 12.6. The number of allylic oxidation sites excluding steroid dienone is 1. The monoisotopic (exact) mass is 526 g/mol. The summed E-state index contributed by atoms with van der Waals surface area (Å²) in [4.78, 5) is 12.6. The van der Waals surface area contributed by atoms with Gasteiger partial charge in [-0.1, -0.05) is 64.0 Å². The molecule has 220 valence electrons. The summed E-state index contributed by atoms with van der Waals surface area (Å²) in [6.07, 6.45) is 20.1. The Morgan fingerprint density at radius 1 is 0.757 bits per heavy atom. The van der Waals surface area contributed by atoms with Crippen molar-refractivity contribution in [1.29, 1.82) is 0 Å². The van der Waals surface area contributed by atoms with Gasteiger partial charge >= 0.3 is 0 Å². The summed E-state index contributed by atoms with van der Waals surface area (Å²) in [5.74, 6) is 0.180. The average Bonchev–Trinajstić information content (AvgIpc) is 2.80. The van der Waals surface area contributed by atoms with E-state index in [0.717, 1.165) is 25.7 Å². The number of rotatable bonds is 25. The maximum absolute atomic E-state index is 12.6. The van der Waals surface area contributed by atoms with Gasteiger partial charge in [0.25, 0.3) is 0 Å². The molecule has 0 rings (SSSR count). The first-order valence-corrected chi connectivity index (χ1v) is 15.2. The standard InChI is InChI=1S/C32H62O5/c1-9-10-11-18-21-29(37-28(2)3)22-19-16-14-12-13-15-17-20-23-30(33)32(7,8)36-27-25-34-24-26-35-31(4,5)6/h16,19,28-29H,9-15,17-18,20-27H2,1-8H3/b19-16-. The summed E-state index contributed by atoms with van der Waals surface area (Å²) in [5.41, 5.74) is -0.894.